The van der Waals surface area contributed by atoms with Gasteiger partial charge in [-0.25, -0.2) is 4.79 Å². The van der Waals surface area contributed by atoms with Crippen molar-refractivity contribution in [3.05, 3.63) is 65.7 Å². The second-order valence-corrected chi connectivity index (χ2v) is 4.10. The van der Waals surface area contributed by atoms with E-state index in [1.807, 2.05) is 54.6 Å². The molecule has 0 aliphatic rings. The Bertz CT molecular complexity index is 541. The first-order chi connectivity index (χ1) is 9.25. The van der Waals surface area contributed by atoms with Crippen LogP contribution in [0.4, 0.5) is 4.79 Å². The molecule has 0 radical (unpaired) electrons. The summed E-state index contributed by atoms with van der Waals surface area (Å²) in [5, 5.41) is 2.56. The Morgan fingerprint density at radius 1 is 1.05 bits per heavy atom. The SMILES string of the molecule is NC(=O)NCc1ccccc1OCc1ccccc1. The maximum Gasteiger partial charge on any atom is 0.312 e. The van der Waals surface area contributed by atoms with Crippen LogP contribution in [0, 0.1) is 0 Å². The lowest BCUT2D eigenvalue weighted by atomic mass is 10.2. The van der Waals surface area contributed by atoms with Crippen LogP contribution in [0.5, 0.6) is 5.75 Å². The van der Waals surface area contributed by atoms with Gasteiger partial charge in [0, 0.05) is 12.1 Å². The average molecular weight is 256 g/mol. The van der Waals surface area contributed by atoms with E-state index < -0.39 is 6.03 Å². The van der Waals surface area contributed by atoms with Crippen molar-refractivity contribution in [2.75, 3.05) is 0 Å². The zero-order valence-corrected chi connectivity index (χ0v) is 10.5. The van der Waals surface area contributed by atoms with E-state index in [9.17, 15) is 4.79 Å². The summed E-state index contributed by atoms with van der Waals surface area (Å²) in [5.74, 6) is 0.750. The van der Waals surface area contributed by atoms with Gasteiger partial charge in [-0.2, -0.15) is 0 Å². The molecule has 0 aromatic heterocycles. The number of para-hydroxylation sites is 1. The second kappa shape index (κ2) is 6.44. The Kier molecular flexibility index (Phi) is 4.39. The number of urea groups is 1. The van der Waals surface area contributed by atoms with Gasteiger partial charge in [0.15, 0.2) is 0 Å². The fourth-order valence-electron chi connectivity index (χ4n) is 1.71. The molecule has 0 atom stereocenters. The smallest absolute Gasteiger partial charge is 0.312 e. The van der Waals surface area contributed by atoms with E-state index in [2.05, 4.69) is 5.32 Å². The monoisotopic (exact) mass is 256 g/mol. The van der Waals surface area contributed by atoms with Crippen molar-refractivity contribution in [3.8, 4) is 5.75 Å². The van der Waals surface area contributed by atoms with E-state index in [1.54, 1.807) is 0 Å². The maximum atomic E-state index is 10.7. The molecule has 19 heavy (non-hydrogen) atoms. The fraction of sp³-hybridized carbons (Fsp3) is 0.133. The summed E-state index contributed by atoms with van der Waals surface area (Å²) in [6.07, 6.45) is 0. The Labute approximate surface area is 112 Å². The largest absolute Gasteiger partial charge is 0.489 e. The van der Waals surface area contributed by atoms with Gasteiger partial charge in [0.2, 0.25) is 0 Å². The van der Waals surface area contributed by atoms with Gasteiger partial charge in [0.25, 0.3) is 0 Å². The first kappa shape index (κ1) is 13.0. The van der Waals surface area contributed by atoms with Crippen molar-refractivity contribution in [2.24, 2.45) is 5.73 Å². The van der Waals surface area contributed by atoms with E-state index in [4.69, 9.17) is 10.5 Å². The van der Waals surface area contributed by atoms with E-state index in [0.717, 1.165) is 16.9 Å². The van der Waals surface area contributed by atoms with Crippen molar-refractivity contribution < 1.29 is 9.53 Å². The molecule has 0 unspecified atom stereocenters. The van der Waals surface area contributed by atoms with Crippen LogP contribution in [-0.2, 0) is 13.2 Å². The molecular weight excluding hydrogens is 240 g/mol. The number of primary amides is 1. The summed E-state index contributed by atoms with van der Waals surface area (Å²) < 4.78 is 5.76. The molecule has 0 saturated heterocycles. The molecule has 2 rings (SSSR count). The molecule has 4 heteroatoms. The topological polar surface area (TPSA) is 64.4 Å². The van der Waals surface area contributed by atoms with Crippen LogP contribution in [0.3, 0.4) is 0 Å². The number of amides is 2. The summed E-state index contributed by atoms with van der Waals surface area (Å²) in [7, 11) is 0. The molecule has 3 N–H and O–H groups in total. The van der Waals surface area contributed by atoms with Gasteiger partial charge in [0.1, 0.15) is 12.4 Å². The van der Waals surface area contributed by atoms with Gasteiger partial charge in [0.05, 0.1) is 0 Å². The zero-order chi connectivity index (χ0) is 13.5. The summed E-state index contributed by atoms with van der Waals surface area (Å²) in [6.45, 7) is 0.856. The highest BCUT2D eigenvalue weighted by molar-refractivity contribution is 5.71. The quantitative estimate of drug-likeness (QED) is 0.863. The third kappa shape index (κ3) is 4.03. The second-order valence-electron chi connectivity index (χ2n) is 4.10. The molecule has 98 valence electrons. The summed E-state index contributed by atoms with van der Waals surface area (Å²) in [4.78, 5) is 10.7. The predicted molar refractivity (Wildman–Crippen MR) is 73.6 cm³/mol. The molecule has 0 aliphatic carbocycles. The molecule has 0 bridgehead atoms. The number of nitrogens with two attached hydrogens (primary N) is 1. The summed E-state index contributed by atoms with van der Waals surface area (Å²) >= 11 is 0. The highest BCUT2D eigenvalue weighted by atomic mass is 16.5. The number of rotatable bonds is 5. The van der Waals surface area contributed by atoms with Crippen LogP contribution >= 0.6 is 0 Å². The normalized spacial score (nSPS) is 9.89. The number of hydrogen-bond donors (Lipinski definition) is 2. The molecule has 4 nitrogen and oxygen atoms in total. The fourth-order valence-corrected chi connectivity index (χ4v) is 1.71. The van der Waals surface area contributed by atoms with Crippen LogP contribution in [-0.4, -0.2) is 6.03 Å². The minimum atomic E-state index is -0.544. The average Bonchev–Trinajstić information content (AvgIpc) is 2.45. The number of hydrogen-bond acceptors (Lipinski definition) is 2. The van der Waals surface area contributed by atoms with Crippen molar-refractivity contribution >= 4 is 6.03 Å². The van der Waals surface area contributed by atoms with Gasteiger partial charge in [-0.15, -0.1) is 0 Å². The molecular formula is C15H16N2O2. The molecule has 2 aromatic rings. The Morgan fingerprint density at radius 3 is 2.47 bits per heavy atom. The molecule has 0 fully saturated rings. The van der Waals surface area contributed by atoms with E-state index in [0.29, 0.717) is 13.2 Å². The van der Waals surface area contributed by atoms with Crippen molar-refractivity contribution in [2.45, 2.75) is 13.2 Å². The summed E-state index contributed by atoms with van der Waals surface area (Å²) in [5.41, 5.74) is 7.06. The highest BCUT2D eigenvalue weighted by Gasteiger charge is 2.04. The van der Waals surface area contributed by atoms with Gasteiger partial charge in [-0.3, -0.25) is 0 Å². The molecule has 0 spiro atoms. The van der Waals surface area contributed by atoms with Crippen LogP contribution in [0.25, 0.3) is 0 Å². The van der Waals surface area contributed by atoms with Crippen LogP contribution in [0.1, 0.15) is 11.1 Å². The lowest BCUT2D eigenvalue weighted by molar-refractivity contribution is 0.248. The highest BCUT2D eigenvalue weighted by Crippen LogP contribution is 2.19. The molecule has 2 aromatic carbocycles. The van der Waals surface area contributed by atoms with E-state index in [-0.39, 0.29) is 0 Å². The molecule has 2 amide bonds. The Hall–Kier alpha value is -2.49. The number of benzene rings is 2. The van der Waals surface area contributed by atoms with E-state index >= 15 is 0 Å². The first-order valence-electron chi connectivity index (χ1n) is 6.03. The maximum absolute atomic E-state index is 10.7. The number of ether oxygens (including phenoxy) is 1. The van der Waals surface area contributed by atoms with Crippen LogP contribution < -0.4 is 15.8 Å². The van der Waals surface area contributed by atoms with Crippen molar-refractivity contribution in [3.63, 3.8) is 0 Å². The minimum absolute atomic E-state index is 0.361. The number of nitrogens with one attached hydrogen (secondary N) is 1. The number of carbonyl (C=O) groups is 1. The van der Waals surface area contributed by atoms with Crippen molar-refractivity contribution in [1.29, 1.82) is 0 Å². The van der Waals surface area contributed by atoms with Gasteiger partial charge in [-0.05, 0) is 11.6 Å². The zero-order valence-electron chi connectivity index (χ0n) is 10.5. The van der Waals surface area contributed by atoms with Crippen molar-refractivity contribution in [1.82, 2.24) is 5.32 Å². The van der Waals surface area contributed by atoms with Gasteiger partial charge < -0.3 is 15.8 Å². The van der Waals surface area contributed by atoms with Gasteiger partial charge >= 0.3 is 6.03 Å². The lowest BCUT2D eigenvalue weighted by Crippen LogP contribution is -2.28. The Morgan fingerprint density at radius 2 is 1.74 bits per heavy atom. The molecule has 0 saturated carbocycles. The molecule has 0 aliphatic heterocycles. The molecule has 0 heterocycles. The Balaban J connectivity index is 2.01. The van der Waals surface area contributed by atoms with Crippen LogP contribution in [0.15, 0.2) is 54.6 Å². The van der Waals surface area contributed by atoms with E-state index in [1.165, 1.54) is 0 Å². The predicted octanol–water partition coefficient (Wildman–Crippen LogP) is 2.43. The number of carbonyl (C=O) groups excluding carboxylic acids is 1. The third-order valence-corrected chi connectivity index (χ3v) is 2.66. The third-order valence-electron chi connectivity index (χ3n) is 2.66. The van der Waals surface area contributed by atoms with Gasteiger partial charge in [-0.1, -0.05) is 48.5 Å². The first-order valence-corrected chi connectivity index (χ1v) is 6.03. The standard InChI is InChI=1S/C15H16N2O2/c16-15(18)17-10-13-8-4-5-9-14(13)19-11-12-6-2-1-3-7-12/h1-9H,10-11H2,(H3,16,17,18). The minimum Gasteiger partial charge on any atom is -0.489 e. The summed E-state index contributed by atoms with van der Waals surface area (Å²) in [6, 6.07) is 16.9. The lowest BCUT2D eigenvalue weighted by Gasteiger charge is -2.11. The van der Waals surface area contributed by atoms with Crippen LogP contribution in [0.2, 0.25) is 0 Å².